The largest absolute Gasteiger partial charge is 0.497 e. The lowest BCUT2D eigenvalue weighted by Gasteiger charge is -2.04. The highest BCUT2D eigenvalue weighted by Crippen LogP contribution is 2.21. The van der Waals surface area contributed by atoms with Gasteiger partial charge in [0, 0.05) is 5.56 Å². The first-order valence-corrected chi connectivity index (χ1v) is 8.12. The summed E-state index contributed by atoms with van der Waals surface area (Å²) in [5.74, 6) is 0.0574. The van der Waals surface area contributed by atoms with Gasteiger partial charge in [-0.05, 0) is 36.4 Å². The van der Waals surface area contributed by atoms with Crippen LogP contribution in [0.5, 0.6) is 11.5 Å². The highest BCUT2D eigenvalue weighted by molar-refractivity contribution is 7.15. The summed E-state index contributed by atoms with van der Waals surface area (Å²) in [5, 5.41) is 11.3. The zero-order valence-electron chi connectivity index (χ0n) is 13.2. The molecule has 0 bridgehead atoms. The Kier molecular flexibility index (Phi) is 5.20. The third-order valence-electron chi connectivity index (χ3n) is 3.23. The van der Waals surface area contributed by atoms with E-state index in [0.29, 0.717) is 21.5 Å². The molecule has 3 aromatic rings. The summed E-state index contributed by atoms with van der Waals surface area (Å²) in [6, 6.07) is 12.8. The van der Waals surface area contributed by atoms with Crippen molar-refractivity contribution < 1.29 is 18.7 Å². The number of amides is 1. The molecule has 2 aromatic carbocycles. The first-order valence-electron chi connectivity index (χ1n) is 7.31. The van der Waals surface area contributed by atoms with Gasteiger partial charge in [0.05, 0.1) is 7.11 Å². The van der Waals surface area contributed by atoms with E-state index >= 15 is 0 Å². The molecule has 0 atom stereocenters. The van der Waals surface area contributed by atoms with Gasteiger partial charge >= 0.3 is 0 Å². The molecule has 0 spiro atoms. The van der Waals surface area contributed by atoms with Gasteiger partial charge in [-0.1, -0.05) is 23.5 Å². The first-order chi connectivity index (χ1) is 12.2. The Morgan fingerprint density at radius 2 is 1.92 bits per heavy atom. The standard InChI is InChI=1S/C17H14FN3O3S/c1-23-12-8-6-11(7-9-12)16(22)19-17-21-20-15(25-17)10-24-14-5-3-2-4-13(14)18/h2-9H,10H2,1H3,(H,19,21,22). The number of rotatable bonds is 6. The second kappa shape index (κ2) is 7.71. The number of carbonyl (C=O) groups is 1. The summed E-state index contributed by atoms with van der Waals surface area (Å²) in [7, 11) is 1.56. The lowest BCUT2D eigenvalue weighted by atomic mass is 10.2. The van der Waals surface area contributed by atoms with Crippen molar-refractivity contribution in [3.8, 4) is 11.5 Å². The van der Waals surface area contributed by atoms with Crippen LogP contribution >= 0.6 is 11.3 Å². The molecular weight excluding hydrogens is 345 g/mol. The van der Waals surface area contributed by atoms with E-state index in [4.69, 9.17) is 9.47 Å². The van der Waals surface area contributed by atoms with Gasteiger partial charge in [0.2, 0.25) is 5.13 Å². The molecule has 1 amide bonds. The number of nitrogens with one attached hydrogen (secondary N) is 1. The molecule has 1 N–H and O–H groups in total. The van der Waals surface area contributed by atoms with E-state index in [1.165, 1.54) is 12.1 Å². The van der Waals surface area contributed by atoms with Crippen LogP contribution < -0.4 is 14.8 Å². The van der Waals surface area contributed by atoms with Crippen molar-refractivity contribution in [3.05, 3.63) is 64.9 Å². The van der Waals surface area contributed by atoms with Crippen molar-refractivity contribution in [2.75, 3.05) is 12.4 Å². The molecular formula is C17H14FN3O3S. The highest BCUT2D eigenvalue weighted by Gasteiger charge is 2.11. The van der Waals surface area contributed by atoms with Crippen LogP contribution in [-0.2, 0) is 6.61 Å². The Labute approximate surface area is 147 Å². The van der Waals surface area contributed by atoms with Crippen LogP contribution in [-0.4, -0.2) is 23.2 Å². The summed E-state index contributed by atoms with van der Waals surface area (Å²) in [6.45, 7) is 0.0665. The number of anilines is 1. The van der Waals surface area contributed by atoms with Crippen molar-refractivity contribution >= 4 is 22.4 Å². The molecule has 0 radical (unpaired) electrons. The minimum absolute atomic E-state index is 0.0665. The SMILES string of the molecule is COc1ccc(C(=O)Nc2nnc(COc3ccccc3F)s2)cc1. The fraction of sp³-hybridized carbons (Fsp3) is 0.118. The summed E-state index contributed by atoms with van der Waals surface area (Å²) in [5.41, 5.74) is 0.472. The number of para-hydroxylation sites is 1. The van der Waals surface area contributed by atoms with E-state index in [9.17, 15) is 9.18 Å². The molecule has 1 aromatic heterocycles. The van der Waals surface area contributed by atoms with Crippen LogP contribution in [0.2, 0.25) is 0 Å². The van der Waals surface area contributed by atoms with E-state index in [1.54, 1.807) is 43.5 Å². The number of nitrogens with zero attached hydrogens (tertiary/aromatic N) is 2. The maximum atomic E-state index is 13.5. The van der Waals surface area contributed by atoms with Gasteiger partial charge in [-0.3, -0.25) is 10.1 Å². The van der Waals surface area contributed by atoms with Gasteiger partial charge in [0.1, 0.15) is 12.4 Å². The fourth-order valence-electron chi connectivity index (χ4n) is 1.98. The van der Waals surface area contributed by atoms with Crippen molar-refractivity contribution in [2.45, 2.75) is 6.61 Å². The average molecular weight is 359 g/mol. The molecule has 0 saturated heterocycles. The Balaban J connectivity index is 1.59. The molecule has 25 heavy (non-hydrogen) atoms. The molecule has 8 heteroatoms. The van der Waals surface area contributed by atoms with Gasteiger partial charge in [-0.2, -0.15) is 0 Å². The van der Waals surface area contributed by atoms with Crippen molar-refractivity contribution in [2.24, 2.45) is 0 Å². The number of ether oxygens (including phenoxy) is 2. The average Bonchev–Trinajstić information content (AvgIpc) is 3.08. The number of halogens is 1. The van der Waals surface area contributed by atoms with E-state index in [1.807, 2.05) is 0 Å². The second-order valence-corrected chi connectivity index (χ2v) is 5.96. The smallest absolute Gasteiger partial charge is 0.257 e. The maximum Gasteiger partial charge on any atom is 0.257 e. The fourth-order valence-corrected chi connectivity index (χ4v) is 2.62. The van der Waals surface area contributed by atoms with Crippen LogP contribution in [0.4, 0.5) is 9.52 Å². The molecule has 6 nitrogen and oxygen atoms in total. The van der Waals surface area contributed by atoms with E-state index < -0.39 is 5.82 Å². The monoisotopic (exact) mass is 359 g/mol. The molecule has 0 aliphatic heterocycles. The molecule has 0 unspecified atom stereocenters. The normalized spacial score (nSPS) is 10.3. The lowest BCUT2D eigenvalue weighted by molar-refractivity contribution is 0.102. The predicted octanol–water partition coefficient (Wildman–Crippen LogP) is 3.52. The van der Waals surface area contributed by atoms with Crippen LogP contribution in [0.1, 0.15) is 15.4 Å². The molecule has 1 heterocycles. The van der Waals surface area contributed by atoms with Crippen LogP contribution in [0.3, 0.4) is 0 Å². The third kappa shape index (κ3) is 4.30. The Morgan fingerprint density at radius 3 is 2.64 bits per heavy atom. The van der Waals surface area contributed by atoms with Crippen LogP contribution in [0.15, 0.2) is 48.5 Å². The highest BCUT2D eigenvalue weighted by atomic mass is 32.1. The van der Waals surface area contributed by atoms with E-state index in [0.717, 1.165) is 11.3 Å². The summed E-state index contributed by atoms with van der Waals surface area (Å²) >= 11 is 1.16. The van der Waals surface area contributed by atoms with Crippen molar-refractivity contribution in [3.63, 3.8) is 0 Å². The Hall–Kier alpha value is -3.00. The van der Waals surface area contributed by atoms with Crippen molar-refractivity contribution in [1.29, 1.82) is 0 Å². The van der Waals surface area contributed by atoms with E-state index in [-0.39, 0.29) is 18.3 Å². The molecule has 128 valence electrons. The molecule has 0 saturated carbocycles. The predicted molar refractivity (Wildman–Crippen MR) is 91.6 cm³/mol. The Bertz CT molecular complexity index is 868. The molecule has 0 aliphatic carbocycles. The molecule has 0 fully saturated rings. The number of benzene rings is 2. The zero-order valence-corrected chi connectivity index (χ0v) is 14.0. The van der Waals surface area contributed by atoms with Gasteiger partial charge in [-0.25, -0.2) is 4.39 Å². The number of aromatic nitrogens is 2. The summed E-state index contributed by atoms with van der Waals surface area (Å²) in [6.07, 6.45) is 0. The minimum atomic E-state index is -0.444. The lowest BCUT2D eigenvalue weighted by Crippen LogP contribution is -2.11. The number of hydrogen-bond acceptors (Lipinski definition) is 6. The molecule has 0 aliphatic rings. The van der Waals surface area contributed by atoms with Gasteiger partial charge < -0.3 is 9.47 Å². The number of methoxy groups -OCH3 is 1. The molecule has 3 rings (SSSR count). The van der Waals surface area contributed by atoms with Crippen molar-refractivity contribution in [1.82, 2.24) is 10.2 Å². The van der Waals surface area contributed by atoms with Gasteiger partial charge in [0.15, 0.2) is 16.6 Å². The van der Waals surface area contributed by atoms with Gasteiger partial charge in [-0.15, -0.1) is 10.2 Å². The number of hydrogen-bond donors (Lipinski definition) is 1. The quantitative estimate of drug-likeness (QED) is 0.729. The first kappa shape index (κ1) is 16.8. The van der Waals surface area contributed by atoms with Crippen LogP contribution in [0.25, 0.3) is 0 Å². The second-order valence-electron chi connectivity index (χ2n) is 4.90. The zero-order chi connectivity index (χ0) is 17.6. The topological polar surface area (TPSA) is 73.3 Å². The van der Waals surface area contributed by atoms with Gasteiger partial charge in [0.25, 0.3) is 5.91 Å². The minimum Gasteiger partial charge on any atom is -0.497 e. The van der Waals surface area contributed by atoms with E-state index in [2.05, 4.69) is 15.5 Å². The number of carbonyl (C=O) groups excluding carboxylic acids is 1. The maximum absolute atomic E-state index is 13.5. The third-order valence-corrected chi connectivity index (χ3v) is 4.04. The Morgan fingerprint density at radius 1 is 1.16 bits per heavy atom. The van der Waals surface area contributed by atoms with Crippen LogP contribution in [0, 0.1) is 5.82 Å². The summed E-state index contributed by atoms with van der Waals surface area (Å²) < 4.78 is 23.9. The summed E-state index contributed by atoms with van der Waals surface area (Å²) in [4.78, 5) is 12.2.